The number of benzene rings is 4. The molecule has 0 saturated heterocycles. The summed E-state index contributed by atoms with van der Waals surface area (Å²) >= 11 is 1.46. The van der Waals surface area contributed by atoms with Crippen LogP contribution in [0.5, 0.6) is 0 Å². The summed E-state index contributed by atoms with van der Waals surface area (Å²) in [5.41, 5.74) is 11.2. The Bertz CT molecular complexity index is 1720. The molecule has 0 N–H and O–H groups in total. The topological polar surface area (TPSA) is 0 Å². The maximum Gasteiger partial charge on any atom is -1.00 e. The first-order chi connectivity index (χ1) is 21.0. The third-order valence-electron chi connectivity index (χ3n) is 8.66. The van der Waals surface area contributed by atoms with E-state index in [4.69, 9.17) is 0 Å². The van der Waals surface area contributed by atoms with Gasteiger partial charge in [0.15, 0.2) is 0 Å². The summed E-state index contributed by atoms with van der Waals surface area (Å²) in [6.45, 7) is 24.3. The van der Waals surface area contributed by atoms with E-state index in [2.05, 4.69) is 179 Å². The van der Waals surface area contributed by atoms with Crippen molar-refractivity contribution in [1.29, 1.82) is 0 Å². The molecule has 0 radical (unpaired) electrons. The third-order valence-corrected chi connectivity index (χ3v) is 10.1. The van der Waals surface area contributed by atoms with Crippen LogP contribution in [0.15, 0.2) is 108 Å². The minimum atomic E-state index is 0. The Labute approximate surface area is 312 Å². The number of hydrogen-bond acceptors (Lipinski definition) is 0. The van der Waals surface area contributed by atoms with Crippen LogP contribution in [0.4, 0.5) is 0 Å². The van der Waals surface area contributed by atoms with Gasteiger partial charge < -0.3 is 24.8 Å². The second-order valence-corrected chi connectivity index (χ2v) is 16.0. The molecule has 5 aromatic rings. The van der Waals surface area contributed by atoms with Gasteiger partial charge in [0.1, 0.15) is 0 Å². The van der Waals surface area contributed by atoms with Crippen LogP contribution in [-0.2, 0) is 35.1 Å². The minimum absolute atomic E-state index is 0. The average molecular weight is 741 g/mol. The zero-order valence-corrected chi connectivity index (χ0v) is 34.0. The van der Waals surface area contributed by atoms with Crippen molar-refractivity contribution in [3.05, 3.63) is 148 Å². The van der Waals surface area contributed by atoms with E-state index in [1.165, 1.54) is 93.5 Å². The molecule has 0 bridgehead atoms. The quantitative estimate of drug-likeness (QED) is 0.193. The summed E-state index contributed by atoms with van der Waals surface area (Å²) in [6.07, 6.45) is 5.52. The Hall–Kier alpha value is -2.44. The van der Waals surface area contributed by atoms with Crippen LogP contribution >= 0.6 is 0 Å². The second kappa shape index (κ2) is 16.8. The monoisotopic (exact) mass is 738 g/mol. The fourth-order valence-corrected chi connectivity index (χ4v) is 6.35. The molecular weight excluding hydrogens is 691 g/mol. The van der Waals surface area contributed by atoms with Crippen molar-refractivity contribution in [2.45, 2.75) is 87.0 Å². The molecule has 0 heterocycles. The normalized spacial score (nSPS) is 14.1. The van der Waals surface area contributed by atoms with E-state index in [0.717, 1.165) is 0 Å². The van der Waals surface area contributed by atoms with Gasteiger partial charge >= 0.3 is 112 Å². The van der Waals surface area contributed by atoms with Gasteiger partial charge in [0.25, 0.3) is 0 Å². The molecule has 0 amide bonds. The molecule has 0 aliphatic heterocycles. The molecule has 1 unspecified atom stereocenters. The Morgan fingerprint density at radius 2 is 1.00 bits per heavy atom. The van der Waals surface area contributed by atoms with E-state index in [0.29, 0.717) is 5.92 Å². The Kier molecular flexibility index (Phi) is 14.6. The van der Waals surface area contributed by atoms with Gasteiger partial charge in [-0.3, -0.25) is 6.08 Å². The molecule has 5 aromatic carbocycles. The number of aryl methyl sites for hydroxylation is 2. The van der Waals surface area contributed by atoms with Gasteiger partial charge in [-0.1, -0.05) is 96.7 Å². The molecule has 1 aliphatic rings. The molecule has 1 aliphatic carbocycles. The molecule has 0 aromatic heterocycles. The van der Waals surface area contributed by atoms with Gasteiger partial charge in [0, 0.05) is 0 Å². The van der Waals surface area contributed by atoms with Crippen molar-refractivity contribution in [3.8, 4) is 0 Å². The summed E-state index contributed by atoms with van der Waals surface area (Å²) in [7, 11) is 0. The molecule has 0 saturated carbocycles. The minimum Gasteiger partial charge on any atom is -1.00 e. The summed E-state index contributed by atoms with van der Waals surface area (Å²) in [6, 6.07) is 33.7. The smallest absolute Gasteiger partial charge is 1.00 e. The fourth-order valence-electron chi connectivity index (χ4n) is 5.54. The standard InChI is InChI=1S/C21H25.C15H14.C8H11.2ClH.Zr/c1-20(2,3)16-9-7-14-11-15-8-10-17(21(4,5)6)13-19(15)18(14)12-16;1-12-3-7-14(8-4-12)11-15-9-5-13(2)6-10-15;1-6-4-7(2)8(3)5-6;;;/h7-13H,1-6H3;3-10H,1-2H3;4,6H,1-3H3;2*1H;/q-1;;-1;;;+2/p-2. The average Bonchev–Trinajstić information content (AvgIpc) is 3.49. The maximum atomic E-state index is 3.29. The number of halogens is 2. The number of allylic oxidation sites excluding steroid dienone is 4. The van der Waals surface area contributed by atoms with Crippen LogP contribution in [0.25, 0.3) is 21.5 Å². The molecule has 246 valence electrons. The van der Waals surface area contributed by atoms with Crippen molar-refractivity contribution in [2.24, 2.45) is 5.92 Å². The molecule has 47 heavy (non-hydrogen) atoms. The van der Waals surface area contributed by atoms with E-state index in [9.17, 15) is 0 Å². The van der Waals surface area contributed by atoms with Crippen LogP contribution in [0, 0.1) is 25.8 Å². The predicted molar refractivity (Wildman–Crippen MR) is 195 cm³/mol. The number of fused-ring (bicyclic) bond motifs is 3. The molecule has 6 rings (SSSR count). The first kappa shape index (κ1) is 40.7. The Balaban J connectivity index is 0.000000262. The van der Waals surface area contributed by atoms with Crippen molar-refractivity contribution in [3.63, 3.8) is 0 Å². The van der Waals surface area contributed by atoms with Gasteiger partial charge in [0.2, 0.25) is 0 Å². The SMILES string of the molecule is CC(C)(C)c1ccc2[cH-]c3ccc(C(C)(C)C)cc3c2c1.CC1=[C-]C(C)C=C1C.Cc1ccc([C](=[Zr+2])c2ccc(C)cc2)cc1.[Cl-].[Cl-]. The number of hydrogen-bond donors (Lipinski definition) is 0. The van der Waals surface area contributed by atoms with Gasteiger partial charge in [-0.25, -0.2) is 11.1 Å². The fraction of sp³-hybridized carbons (Fsp3) is 0.318. The first-order valence-electron chi connectivity index (χ1n) is 16.2. The zero-order valence-electron chi connectivity index (χ0n) is 30.1. The molecular formula is C44H50Cl2Zr-2. The van der Waals surface area contributed by atoms with Gasteiger partial charge in [-0.15, -0.1) is 46.7 Å². The predicted octanol–water partition coefficient (Wildman–Crippen LogP) is 6.07. The zero-order chi connectivity index (χ0) is 33.1. The van der Waals surface area contributed by atoms with Crippen molar-refractivity contribution in [1.82, 2.24) is 0 Å². The Morgan fingerprint density at radius 1 is 0.617 bits per heavy atom. The van der Waals surface area contributed by atoms with Crippen LogP contribution < -0.4 is 24.8 Å². The van der Waals surface area contributed by atoms with E-state index in [-0.39, 0.29) is 35.6 Å². The van der Waals surface area contributed by atoms with Crippen molar-refractivity contribution >= 4 is 24.8 Å². The van der Waals surface area contributed by atoms with Crippen molar-refractivity contribution in [2.75, 3.05) is 0 Å². The van der Waals surface area contributed by atoms with Crippen molar-refractivity contribution < 1.29 is 49.0 Å². The van der Waals surface area contributed by atoms with Crippen LogP contribution in [0.2, 0.25) is 0 Å². The second-order valence-electron chi connectivity index (χ2n) is 14.8. The van der Waals surface area contributed by atoms with Gasteiger partial charge in [-0.05, 0) is 10.8 Å². The summed E-state index contributed by atoms with van der Waals surface area (Å²) in [5.74, 6) is 0.551. The molecule has 0 fully saturated rings. The van der Waals surface area contributed by atoms with Gasteiger partial charge in [-0.2, -0.15) is 6.08 Å². The summed E-state index contributed by atoms with van der Waals surface area (Å²) < 4.78 is 1.42. The van der Waals surface area contributed by atoms with E-state index in [1.54, 1.807) is 0 Å². The van der Waals surface area contributed by atoms with Crippen LogP contribution in [0.3, 0.4) is 0 Å². The van der Waals surface area contributed by atoms with Crippen LogP contribution in [-0.4, -0.2) is 3.21 Å². The maximum absolute atomic E-state index is 3.29. The molecule has 1 atom stereocenters. The summed E-state index contributed by atoms with van der Waals surface area (Å²) in [4.78, 5) is 0. The van der Waals surface area contributed by atoms with E-state index >= 15 is 0 Å². The third kappa shape index (κ3) is 10.8. The van der Waals surface area contributed by atoms with Gasteiger partial charge in [0.05, 0.1) is 0 Å². The summed E-state index contributed by atoms with van der Waals surface area (Å²) in [5, 5.41) is 5.49. The van der Waals surface area contributed by atoms with E-state index in [1.807, 2.05) is 0 Å². The first-order valence-corrected chi connectivity index (χ1v) is 17.4. The Morgan fingerprint density at radius 3 is 1.28 bits per heavy atom. The van der Waals surface area contributed by atoms with E-state index < -0.39 is 0 Å². The largest absolute Gasteiger partial charge is 1.00 e. The molecule has 0 nitrogen and oxygen atoms in total. The van der Waals surface area contributed by atoms with Crippen LogP contribution in [0.1, 0.15) is 95.7 Å². The molecule has 0 spiro atoms. The number of rotatable bonds is 2. The molecule has 3 heteroatoms.